The normalized spacial score (nSPS) is 15.7. The quantitative estimate of drug-likeness (QED) is 0.109. The highest BCUT2D eigenvalue weighted by atomic mass is 35.5. The molecule has 3 aromatic carbocycles. The predicted molar refractivity (Wildman–Crippen MR) is 169 cm³/mol. The number of benzene rings is 3. The molecule has 43 heavy (non-hydrogen) atoms. The molecule has 0 aliphatic carbocycles. The largest absolute Gasteiger partial charge is 0.373 e. The first-order chi connectivity index (χ1) is 20.7. The average Bonchev–Trinajstić information content (AvgIpc) is 3.66. The zero-order valence-electron chi connectivity index (χ0n) is 22.0. The lowest BCUT2D eigenvalue weighted by atomic mass is 10.0. The monoisotopic (exact) mass is 658 g/mol. The molecule has 10 nitrogen and oxygen atoms in total. The minimum Gasteiger partial charge on any atom is -0.373 e. The molecule has 0 bridgehead atoms. The van der Waals surface area contributed by atoms with Crippen LogP contribution < -0.4 is 14.9 Å². The van der Waals surface area contributed by atoms with Crippen molar-refractivity contribution in [1.29, 1.82) is 5.26 Å². The van der Waals surface area contributed by atoms with Crippen LogP contribution in [0.25, 0.3) is 10.9 Å². The molecule has 1 fully saturated rings. The molecule has 6 rings (SSSR count). The second kappa shape index (κ2) is 11.7. The number of nitrogens with one attached hydrogen (secondary N) is 3. The summed E-state index contributed by atoms with van der Waals surface area (Å²) >= 11 is 18.7. The van der Waals surface area contributed by atoms with Gasteiger partial charge in [-0.3, -0.25) is 18.4 Å². The third-order valence-corrected chi connectivity index (χ3v) is 10.0. The van der Waals surface area contributed by atoms with E-state index in [4.69, 9.17) is 34.8 Å². The first-order valence-electron chi connectivity index (χ1n) is 12.8. The minimum absolute atomic E-state index is 0.0121. The smallest absolute Gasteiger partial charge is 0.166 e. The number of nitriles is 1. The summed E-state index contributed by atoms with van der Waals surface area (Å²) in [6.07, 6.45) is 3.60. The Hall–Kier alpha value is -3.83. The Kier molecular flexibility index (Phi) is 7.95. The molecule has 2 aromatic heterocycles. The number of aromatic nitrogens is 4. The second-order valence-corrected chi connectivity index (χ2v) is 13.0. The molecule has 3 heterocycles. The molecule has 1 aliphatic heterocycles. The van der Waals surface area contributed by atoms with E-state index in [9.17, 15) is 18.8 Å². The zero-order chi connectivity index (χ0) is 30.3. The van der Waals surface area contributed by atoms with Gasteiger partial charge < -0.3 is 10.6 Å². The molecule has 1 saturated heterocycles. The van der Waals surface area contributed by atoms with Crippen LogP contribution in [0, 0.1) is 17.1 Å². The number of fused-ring (bicyclic) bond motifs is 1. The molecule has 0 spiro atoms. The molecule has 0 saturated carbocycles. The van der Waals surface area contributed by atoms with Crippen molar-refractivity contribution in [2.45, 2.75) is 12.5 Å². The van der Waals surface area contributed by atoms with Gasteiger partial charge in [-0.25, -0.2) is 4.39 Å². The molecule has 5 aromatic rings. The Bertz CT molecular complexity index is 1890. The number of anilines is 4. The minimum atomic E-state index is -2.89. The Balaban J connectivity index is 1.43. The lowest BCUT2D eigenvalue weighted by molar-refractivity contribution is 0.491. The third-order valence-electron chi connectivity index (χ3n) is 7.00. The molecule has 220 valence electrons. The molecule has 1 atom stereocenters. The molecule has 0 radical (unpaired) electrons. The summed E-state index contributed by atoms with van der Waals surface area (Å²) in [4.78, 5) is 4.36. The van der Waals surface area contributed by atoms with Gasteiger partial charge in [-0.1, -0.05) is 46.9 Å². The Labute approximate surface area is 261 Å². The fourth-order valence-corrected chi connectivity index (χ4v) is 7.17. The highest BCUT2D eigenvalue weighted by molar-refractivity contribution is 8.25. The van der Waals surface area contributed by atoms with Crippen LogP contribution in [0.4, 0.5) is 27.1 Å². The lowest BCUT2D eigenvalue weighted by Crippen LogP contribution is -2.22. The number of H-pyrrole nitrogens is 1. The van der Waals surface area contributed by atoms with Gasteiger partial charge in [0, 0.05) is 23.8 Å². The summed E-state index contributed by atoms with van der Waals surface area (Å²) in [7, 11) is -2.89. The second-order valence-electron chi connectivity index (χ2n) is 9.72. The molecule has 15 heteroatoms. The number of rotatable bonds is 7. The van der Waals surface area contributed by atoms with Gasteiger partial charge in [0.2, 0.25) is 0 Å². The number of halogens is 4. The predicted octanol–water partition coefficient (Wildman–Crippen LogP) is 8.14. The van der Waals surface area contributed by atoms with E-state index in [1.54, 1.807) is 22.6 Å². The number of hydrogen-bond donors (Lipinski definition) is 5. The highest BCUT2D eigenvalue weighted by Crippen LogP contribution is 2.51. The van der Waals surface area contributed by atoms with Crippen molar-refractivity contribution in [3.05, 3.63) is 98.6 Å². The van der Waals surface area contributed by atoms with Crippen LogP contribution in [-0.4, -0.2) is 41.8 Å². The van der Waals surface area contributed by atoms with Crippen LogP contribution in [0.2, 0.25) is 15.1 Å². The van der Waals surface area contributed by atoms with Crippen molar-refractivity contribution in [2.24, 2.45) is 0 Å². The van der Waals surface area contributed by atoms with Crippen molar-refractivity contribution in [3.8, 4) is 6.07 Å². The Morgan fingerprint density at radius 3 is 2.65 bits per heavy atom. The van der Waals surface area contributed by atoms with Gasteiger partial charge in [0.15, 0.2) is 5.82 Å². The third kappa shape index (κ3) is 5.63. The van der Waals surface area contributed by atoms with Crippen LogP contribution in [0.1, 0.15) is 29.3 Å². The summed E-state index contributed by atoms with van der Waals surface area (Å²) in [5.41, 5.74) is 3.35. The highest BCUT2D eigenvalue weighted by Gasteiger charge is 2.30. The summed E-state index contributed by atoms with van der Waals surface area (Å²) < 4.78 is 37.7. The number of hydrogen-bond acceptors (Lipinski definition) is 9. The Morgan fingerprint density at radius 2 is 1.93 bits per heavy atom. The molecule has 5 N–H and O–H groups in total. The molecule has 1 aliphatic rings. The van der Waals surface area contributed by atoms with Crippen molar-refractivity contribution in [2.75, 3.05) is 27.2 Å². The topological polar surface area (TPSA) is 146 Å². The summed E-state index contributed by atoms with van der Waals surface area (Å²) in [5, 5.41) is 27.7. The molecule has 1 unspecified atom stereocenters. The standard InChI is InChI=1S/C28H22Cl3FN8O2S/c29-20-5-6-22(25(32)24(20)31)37-26-16(12-33)13-34-28-19(26)10-17(11-21(28)30)36-27(23-14-35-39-38-23)15-3-1-4-18(9-15)40-7-2-8-43(40,41)42/h1,3-6,9-11,13-14,27,36,41-42H,2,7-8H2,(H,34,37)(H,35,38,39). The maximum absolute atomic E-state index is 15.0. The van der Waals surface area contributed by atoms with Gasteiger partial charge in [0.05, 0.1) is 61.2 Å². The number of aromatic amines is 1. The number of nitrogens with zero attached hydrogens (tertiary/aromatic N) is 5. The first kappa shape index (κ1) is 29.3. The van der Waals surface area contributed by atoms with Gasteiger partial charge in [-0.15, -0.1) is 10.8 Å². The van der Waals surface area contributed by atoms with Gasteiger partial charge in [0.25, 0.3) is 0 Å². The van der Waals surface area contributed by atoms with E-state index in [1.807, 2.05) is 24.3 Å². The van der Waals surface area contributed by atoms with Gasteiger partial charge in [-0.2, -0.15) is 20.7 Å². The Morgan fingerprint density at radius 1 is 1.09 bits per heavy atom. The van der Waals surface area contributed by atoms with Gasteiger partial charge in [0.1, 0.15) is 11.8 Å². The SMILES string of the molecule is N#Cc1cnc2c(Cl)cc(NC(c3cccc(N4CCCS4(O)O)c3)c3cn[nH]n3)cc2c1Nc1ccc(Cl)c(Cl)c1F. The van der Waals surface area contributed by atoms with E-state index in [2.05, 4.69) is 37.1 Å². The van der Waals surface area contributed by atoms with E-state index in [0.29, 0.717) is 46.7 Å². The van der Waals surface area contributed by atoms with E-state index in [1.165, 1.54) is 18.3 Å². The van der Waals surface area contributed by atoms with Crippen molar-refractivity contribution >= 4 is 79.2 Å². The van der Waals surface area contributed by atoms with Crippen molar-refractivity contribution in [1.82, 2.24) is 20.4 Å². The van der Waals surface area contributed by atoms with Crippen LogP contribution in [0.3, 0.4) is 0 Å². The summed E-state index contributed by atoms with van der Waals surface area (Å²) in [6, 6.07) is 15.2. The van der Waals surface area contributed by atoms with Gasteiger partial charge >= 0.3 is 0 Å². The maximum Gasteiger partial charge on any atom is 0.166 e. The number of pyridine rings is 1. The van der Waals surface area contributed by atoms with E-state index in [0.717, 1.165) is 5.56 Å². The molecular weight excluding hydrogens is 638 g/mol. The first-order valence-corrected chi connectivity index (χ1v) is 15.7. The van der Waals surface area contributed by atoms with Crippen LogP contribution in [0.5, 0.6) is 0 Å². The van der Waals surface area contributed by atoms with Crippen LogP contribution in [0.15, 0.2) is 60.9 Å². The molecule has 0 amide bonds. The fourth-order valence-electron chi connectivity index (χ4n) is 4.98. The van der Waals surface area contributed by atoms with Crippen LogP contribution >= 0.6 is 45.6 Å². The van der Waals surface area contributed by atoms with Gasteiger partial charge in [-0.05, 0) is 48.4 Å². The fraction of sp³-hybridized carbons (Fsp3) is 0.143. The molecular formula is C28H22Cl3FN8O2S. The van der Waals surface area contributed by atoms with E-state index < -0.39 is 22.6 Å². The average molecular weight is 660 g/mol. The maximum atomic E-state index is 15.0. The van der Waals surface area contributed by atoms with E-state index >= 15 is 0 Å². The van der Waals surface area contributed by atoms with Crippen LogP contribution in [-0.2, 0) is 0 Å². The van der Waals surface area contributed by atoms with E-state index in [-0.39, 0.29) is 32.0 Å². The summed E-state index contributed by atoms with van der Waals surface area (Å²) in [5.74, 6) is -0.456. The van der Waals surface area contributed by atoms with Crippen molar-refractivity contribution in [3.63, 3.8) is 0 Å². The van der Waals surface area contributed by atoms with Crippen molar-refractivity contribution < 1.29 is 13.5 Å². The summed E-state index contributed by atoms with van der Waals surface area (Å²) in [6.45, 7) is 0.525. The lowest BCUT2D eigenvalue weighted by Gasteiger charge is -2.38. The zero-order valence-corrected chi connectivity index (χ0v) is 25.1.